The Bertz CT molecular complexity index is 361. The first-order chi connectivity index (χ1) is 6.57. The summed E-state index contributed by atoms with van der Waals surface area (Å²) in [6.07, 6.45) is 0. The number of aromatic hydroxyl groups is 1. The predicted octanol–water partition coefficient (Wildman–Crippen LogP) is 2.65. The molecule has 0 radical (unpaired) electrons. The number of carbonyl (C=O) groups excluding carboxylic acids is 1. The Balaban J connectivity index is 3.26. The van der Waals surface area contributed by atoms with E-state index in [4.69, 9.17) is 16.3 Å². The van der Waals surface area contributed by atoms with Crippen molar-refractivity contribution in [3.05, 3.63) is 22.7 Å². The van der Waals surface area contributed by atoms with Gasteiger partial charge in [-0.3, -0.25) is 4.79 Å². The summed E-state index contributed by atoms with van der Waals surface area (Å²) in [6, 6.07) is 2.93. The molecule has 3 nitrogen and oxygen atoms in total. The molecule has 14 heavy (non-hydrogen) atoms. The zero-order chi connectivity index (χ0) is 10.7. The highest BCUT2D eigenvalue weighted by Gasteiger charge is 2.15. The lowest BCUT2D eigenvalue weighted by Gasteiger charge is -2.09. The molecule has 0 aliphatic rings. The van der Waals surface area contributed by atoms with Crippen molar-refractivity contribution in [1.82, 2.24) is 0 Å². The van der Waals surface area contributed by atoms with Gasteiger partial charge in [0.05, 0.1) is 17.2 Å². The number of phenolic OH excluding ortho intramolecular Hbond substituents is 1. The van der Waals surface area contributed by atoms with E-state index in [0.717, 1.165) is 0 Å². The van der Waals surface area contributed by atoms with Crippen molar-refractivity contribution in [1.29, 1.82) is 0 Å². The minimum atomic E-state index is -0.283. The normalized spacial score (nSPS) is 9.93. The largest absolute Gasteiger partial charge is 0.507 e. The monoisotopic (exact) mass is 214 g/mol. The molecule has 0 saturated heterocycles. The van der Waals surface area contributed by atoms with Crippen molar-refractivity contribution < 1.29 is 14.6 Å². The molecule has 76 valence electrons. The van der Waals surface area contributed by atoms with Crippen LogP contribution in [0.2, 0.25) is 5.02 Å². The van der Waals surface area contributed by atoms with Gasteiger partial charge in [-0.2, -0.15) is 0 Å². The van der Waals surface area contributed by atoms with Crippen LogP contribution in [-0.4, -0.2) is 17.5 Å². The lowest BCUT2D eigenvalue weighted by atomic mass is 10.1. The van der Waals surface area contributed by atoms with E-state index in [-0.39, 0.29) is 22.1 Å². The molecule has 0 fully saturated rings. The molecule has 0 spiro atoms. The third kappa shape index (κ3) is 1.99. The summed E-state index contributed by atoms with van der Waals surface area (Å²) in [5.41, 5.74) is 0.109. The van der Waals surface area contributed by atoms with Crippen molar-refractivity contribution >= 4 is 17.4 Å². The minimum absolute atomic E-state index is 0.109. The lowest BCUT2D eigenvalue weighted by molar-refractivity contribution is 0.101. The first-order valence-electron chi connectivity index (χ1n) is 4.23. The van der Waals surface area contributed by atoms with Crippen LogP contribution >= 0.6 is 11.6 Å². The van der Waals surface area contributed by atoms with Gasteiger partial charge in [0.25, 0.3) is 0 Å². The van der Waals surface area contributed by atoms with Gasteiger partial charge in [0.15, 0.2) is 5.78 Å². The van der Waals surface area contributed by atoms with Gasteiger partial charge >= 0.3 is 0 Å². The van der Waals surface area contributed by atoms with E-state index in [2.05, 4.69) is 0 Å². The van der Waals surface area contributed by atoms with Crippen LogP contribution in [0.15, 0.2) is 12.1 Å². The molecule has 1 aromatic carbocycles. The standard InChI is InChI=1S/C10H11ClO3/c1-3-14-8-5-4-7(13)9(6(2)12)10(8)11/h4-5,13H,3H2,1-2H3. The number of hydrogen-bond acceptors (Lipinski definition) is 3. The second-order valence-electron chi connectivity index (χ2n) is 2.76. The molecule has 0 unspecified atom stereocenters. The number of hydrogen-bond donors (Lipinski definition) is 1. The topological polar surface area (TPSA) is 46.5 Å². The third-order valence-corrected chi connectivity index (χ3v) is 2.11. The van der Waals surface area contributed by atoms with Crippen LogP contribution in [0.1, 0.15) is 24.2 Å². The molecule has 4 heteroatoms. The minimum Gasteiger partial charge on any atom is -0.507 e. The summed E-state index contributed by atoms with van der Waals surface area (Å²) in [6.45, 7) is 3.62. The van der Waals surface area contributed by atoms with Crippen LogP contribution < -0.4 is 4.74 Å². The Morgan fingerprint density at radius 2 is 2.21 bits per heavy atom. The summed E-state index contributed by atoms with van der Waals surface area (Å²) in [5.74, 6) is 0.0113. The van der Waals surface area contributed by atoms with E-state index in [1.807, 2.05) is 6.92 Å². The summed E-state index contributed by atoms with van der Waals surface area (Å²) in [7, 11) is 0. The van der Waals surface area contributed by atoms with Crippen LogP contribution in [0.3, 0.4) is 0 Å². The summed E-state index contributed by atoms with van der Waals surface area (Å²) >= 11 is 5.88. The average molecular weight is 215 g/mol. The third-order valence-electron chi connectivity index (χ3n) is 1.74. The van der Waals surface area contributed by atoms with Gasteiger partial charge in [0.1, 0.15) is 11.5 Å². The lowest BCUT2D eigenvalue weighted by Crippen LogP contribution is -1.98. The molecule has 0 aliphatic carbocycles. The van der Waals surface area contributed by atoms with E-state index < -0.39 is 0 Å². The van der Waals surface area contributed by atoms with Gasteiger partial charge < -0.3 is 9.84 Å². The molecule has 0 aromatic heterocycles. The highest BCUT2D eigenvalue weighted by atomic mass is 35.5. The van der Waals surface area contributed by atoms with Gasteiger partial charge in [-0.15, -0.1) is 0 Å². The Kier molecular flexibility index (Phi) is 3.36. The fourth-order valence-corrected chi connectivity index (χ4v) is 1.50. The van der Waals surface area contributed by atoms with Crippen molar-refractivity contribution in [2.24, 2.45) is 0 Å². The van der Waals surface area contributed by atoms with Crippen LogP contribution in [0.25, 0.3) is 0 Å². The van der Waals surface area contributed by atoms with Crippen molar-refractivity contribution in [3.63, 3.8) is 0 Å². The molecule has 0 bridgehead atoms. The fraction of sp³-hybridized carbons (Fsp3) is 0.300. The molecule has 0 amide bonds. The van der Waals surface area contributed by atoms with E-state index in [1.165, 1.54) is 19.1 Å². The van der Waals surface area contributed by atoms with Gasteiger partial charge in [-0.05, 0) is 26.0 Å². The maximum absolute atomic E-state index is 11.1. The van der Waals surface area contributed by atoms with E-state index in [9.17, 15) is 9.90 Å². The molecular weight excluding hydrogens is 204 g/mol. The predicted molar refractivity (Wildman–Crippen MR) is 54.3 cm³/mol. The quantitative estimate of drug-likeness (QED) is 0.787. The van der Waals surface area contributed by atoms with E-state index in [1.54, 1.807) is 0 Å². The molecule has 1 N–H and O–H groups in total. The zero-order valence-electron chi connectivity index (χ0n) is 8.00. The number of Topliss-reactive ketones (excluding diaryl/α,β-unsaturated/α-hetero) is 1. The second-order valence-corrected chi connectivity index (χ2v) is 3.14. The zero-order valence-corrected chi connectivity index (χ0v) is 8.76. The molecule has 0 atom stereocenters. The molecule has 0 saturated carbocycles. The number of ketones is 1. The number of rotatable bonds is 3. The Labute approximate surface area is 87.3 Å². The number of phenols is 1. The second kappa shape index (κ2) is 4.33. The smallest absolute Gasteiger partial charge is 0.165 e. The van der Waals surface area contributed by atoms with Crippen molar-refractivity contribution in [2.45, 2.75) is 13.8 Å². The molecule has 1 aromatic rings. The van der Waals surface area contributed by atoms with Crippen LogP contribution in [0, 0.1) is 0 Å². The number of benzene rings is 1. The van der Waals surface area contributed by atoms with Gasteiger partial charge in [0.2, 0.25) is 0 Å². The van der Waals surface area contributed by atoms with Gasteiger partial charge in [0, 0.05) is 0 Å². The summed E-state index contributed by atoms with van der Waals surface area (Å²) in [4.78, 5) is 11.1. The number of carbonyl (C=O) groups is 1. The highest BCUT2D eigenvalue weighted by molar-refractivity contribution is 6.35. The van der Waals surface area contributed by atoms with Crippen molar-refractivity contribution in [2.75, 3.05) is 6.61 Å². The van der Waals surface area contributed by atoms with Gasteiger partial charge in [-0.25, -0.2) is 0 Å². The van der Waals surface area contributed by atoms with Crippen LogP contribution in [-0.2, 0) is 0 Å². The van der Waals surface area contributed by atoms with E-state index in [0.29, 0.717) is 12.4 Å². The van der Waals surface area contributed by atoms with E-state index >= 15 is 0 Å². The van der Waals surface area contributed by atoms with Crippen LogP contribution in [0.5, 0.6) is 11.5 Å². The van der Waals surface area contributed by atoms with Crippen LogP contribution in [0.4, 0.5) is 0 Å². The number of ether oxygens (including phenoxy) is 1. The Morgan fingerprint density at radius 1 is 1.57 bits per heavy atom. The average Bonchev–Trinajstić information content (AvgIpc) is 2.10. The molecule has 0 heterocycles. The summed E-state index contributed by atoms with van der Waals surface area (Å²) in [5, 5.41) is 9.56. The Morgan fingerprint density at radius 3 is 2.71 bits per heavy atom. The fourth-order valence-electron chi connectivity index (χ4n) is 1.15. The first kappa shape index (κ1) is 10.9. The Hall–Kier alpha value is -1.22. The maximum Gasteiger partial charge on any atom is 0.165 e. The van der Waals surface area contributed by atoms with Gasteiger partial charge in [-0.1, -0.05) is 11.6 Å². The highest BCUT2D eigenvalue weighted by Crippen LogP contribution is 2.34. The van der Waals surface area contributed by atoms with Crippen molar-refractivity contribution in [3.8, 4) is 11.5 Å². The molecule has 0 aliphatic heterocycles. The number of halogens is 1. The first-order valence-corrected chi connectivity index (χ1v) is 4.61. The SMILES string of the molecule is CCOc1ccc(O)c(C(C)=O)c1Cl. The molecular formula is C10H11ClO3. The summed E-state index contributed by atoms with van der Waals surface area (Å²) < 4.78 is 5.19. The molecule has 1 rings (SSSR count). The maximum atomic E-state index is 11.1.